The van der Waals surface area contributed by atoms with E-state index in [1.165, 1.54) is 5.56 Å². The molecule has 9 rings (SSSR count). The first-order valence-electron chi connectivity index (χ1n) is 19.7. The van der Waals surface area contributed by atoms with Gasteiger partial charge in [0.2, 0.25) is 11.8 Å². The second-order valence-corrected chi connectivity index (χ2v) is 16.3. The van der Waals surface area contributed by atoms with Crippen LogP contribution in [0.1, 0.15) is 81.8 Å². The van der Waals surface area contributed by atoms with E-state index in [0.717, 1.165) is 109 Å². The smallest absolute Gasteiger partial charge is 0.262 e. The van der Waals surface area contributed by atoms with E-state index < -0.39 is 23.8 Å². The summed E-state index contributed by atoms with van der Waals surface area (Å²) in [6.45, 7) is 10.6. The van der Waals surface area contributed by atoms with Crippen LogP contribution in [-0.4, -0.2) is 83.4 Å². The minimum atomic E-state index is -0.973. The Morgan fingerprint density at radius 3 is 2.30 bits per heavy atom. The molecule has 5 heterocycles. The highest BCUT2D eigenvalue weighted by Gasteiger charge is 2.46. The number of fused-ring (bicyclic) bond motifs is 1. The summed E-state index contributed by atoms with van der Waals surface area (Å²) in [7, 11) is 0. The highest BCUT2D eigenvalue weighted by atomic mass is 16.5. The van der Waals surface area contributed by atoms with Gasteiger partial charge in [-0.15, -0.1) is 0 Å². The fourth-order valence-electron chi connectivity index (χ4n) is 9.16. The first-order chi connectivity index (χ1) is 27.0. The van der Waals surface area contributed by atoms with Crippen molar-refractivity contribution in [1.29, 1.82) is 5.26 Å². The number of nitrogens with zero attached hydrogens (tertiary/aromatic N) is 6. The van der Waals surface area contributed by atoms with Gasteiger partial charge >= 0.3 is 0 Å². The lowest BCUT2D eigenvalue weighted by atomic mass is 9.92. The number of aromatic nitrogens is 1. The topological polar surface area (TPSA) is 143 Å². The molecule has 1 saturated carbocycles. The molecule has 0 radical (unpaired) electrons. The molecular formula is C44H45N7O5. The van der Waals surface area contributed by atoms with Crippen LogP contribution in [0.25, 0.3) is 11.1 Å². The highest BCUT2D eigenvalue weighted by Crippen LogP contribution is 2.48. The van der Waals surface area contributed by atoms with Crippen LogP contribution in [-0.2, 0) is 15.0 Å². The number of aryl methyl sites for hydroxylation is 3. The number of hydrogen-bond acceptors (Lipinski definition) is 10. The van der Waals surface area contributed by atoms with Crippen molar-refractivity contribution >= 4 is 40.7 Å². The monoisotopic (exact) mass is 751 g/mol. The Hall–Kier alpha value is -5.80. The molecule has 0 bridgehead atoms. The molecule has 4 amide bonds. The van der Waals surface area contributed by atoms with Crippen LogP contribution >= 0.6 is 0 Å². The molecule has 1 atom stereocenters. The molecule has 286 valence electrons. The van der Waals surface area contributed by atoms with Crippen LogP contribution in [0.3, 0.4) is 0 Å². The molecule has 0 spiro atoms. The van der Waals surface area contributed by atoms with E-state index in [1.807, 2.05) is 19.9 Å². The molecule has 56 heavy (non-hydrogen) atoms. The van der Waals surface area contributed by atoms with Gasteiger partial charge in [-0.25, -0.2) is 0 Å². The number of benzene rings is 3. The lowest BCUT2D eigenvalue weighted by molar-refractivity contribution is -0.136. The molecular weight excluding hydrogens is 707 g/mol. The molecule has 3 saturated heterocycles. The maximum atomic E-state index is 13.4. The maximum absolute atomic E-state index is 13.4. The molecule has 1 aliphatic carbocycles. The van der Waals surface area contributed by atoms with Gasteiger partial charge < -0.3 is 14.3 Å². The van der Waals surface area contributed by atoms with Crippen molar-refractivity contribution in [2.45, 2.75) is 76.8 Å². The van der Waals surface area contributed by atoms with Crippen LogP contribution in [0, 0.1) is 38.0 Å². The van der Waals surface area contributed by atoms with Gasteiger partial charge in [0.25, 0.3) is 11.8 Å². The third-order valence-electron chi connectivity index (χ3n) is 12.8. The van der Waals surface area contributed by atoms with Crippen LogP contribution < -0.4 is 15.1 Å². The summed E-state index contributed by atoms with van der Waals surface area (Å²) < 4.78 is 5.53. The predicted octanol–water partition coefficient (Wildman–Crippen LogP) is 5.96. The second kappa shape index (κ2) is 13.7. The average molecular weight is 752 g/mol. The van der Waals surface area contributed by atoms with Crippen molar-refractivity contribution in [2.75, 3.05) is 42.5 Å². The number of anilines is 3. The van der Waals surface area contributed by atoms with E-state index in [-0.39, 0.29) is 24.2 Å². The molecule has 4 aromatic rings. The zero-order valence-corrected chi connectivity index (χ0v) is 32.0. The van der Waals surface area contributed by atoms with Gasteiger partial charge in [0.15, 0.2) is 0 Å². The number of likely N-dealkylation sites (tertiary alicyclic amines) is 1. The Labute approximate surface area is 326 Å². The summed E-state index contributed by atoms with van der Waals surface area (Å²) in [5.74, 6) is -0.680. The number of nitrogens with one attached hydrogen (secondary N) is 1. The average Bonchev–Trinajstić information content (AvgIpc) is 3.86. The largest absolute Gasteiger partial charge is 0.368 e. The fraction of sp³-hybridized carbons (Fsp3) is 0.409. The Balaban J connectivity index is 0.869. The van der Waals surface area contributed by atoms with Crippen molar-refractivity contribution in [2.24, 2.45) is 5.92 Å². The van der Waals surface area contributed by atoms with Gasteiger partial charge in [0, 0.05) is 54.7 Å². The number of hydrogen-bond donors (Lipinski definition) is 1. The van der Waals surface area contributed by atoms with Crippen molar-refractivity contribution in [3.05, 3.63) is 94.4 Å². The minimum absolute atomic E-state index is 0.0934. The molecule has 4 fully saturated rings. The van der Waals surface area contributed by atoms with E-state index in [4.69, 9.17) is 4.52 Å². The molecule has 3 aromatic carbocycles. The number of carbonyl (C=O) groups is 4. The van der Waals surface area contributed by atoms with Gasteiger partial charge in [-0.2, -0.15) is 5.26 Å². The quantitative estimate of drug-likeness (QED) is 0.204. The summed E-state index contributed by atoms with van der Waals surface area (Å²) >= 11 is 0. The number of carbonyl (C=O) groups excluding carboxylic acids is 4. The fourth-order valence-corrected chi connectivity index (χ4v) is 9.16. The summed E-state index contributed by atoms with van der Waals surface area (Å²) in [5, 5.41) is 16.3. The molecule has 4 aliphatic heterocycles. The van der Waals surface area contributed by atoms with E-state index in [0.29, 0.717) is 23.1 Å². The van der Waals surface area contributed by atoms with Crippen molar-refractivity contribution in [1.82, 2.24) is 20.3 Å². The number of amides is 4. The summed E-state index contributed by atoms with van der Waals surface area (Å²) in [4.78, 5) is 59.0. The first kappa shape index (κ1) is 35.9. The highest BCUT2D eigenvalue weighted by molar-refractivity contribution is 6.23. The van der Waals surface area contributed by atoms with Gasteiger partial charge in [-0.1, -0.05) is 29.4 Å². The SMILES string of the molecule is Cc1ccc(-c2c(C)noc2C)cc1N(CC1CCN(C2CN(c3ccc4c(c3)C(=O)N(C3CCC(=O)NC3=O)C4=O)C2)CC1)c1ccc(C2(C#N)CC2)cc1. The van der Waals surface area contributed by atoms with Crippen LogP contribution in [0.2, 0.25) is 0 Å². The van der Waals surface area contributed by atoms with Crippen LogP contribution in [0.15, 0.2) is 65.2 Å². The van der Waals surface area contributed by atoms with Crippen LogP contribution in [0.5, 0.6) is 0 Å². The van der Waals surface area contributed by atoms with Gasteiger partial charge in [0.05, 0.1) is 28.3 Å². The standard InChI is InChI=1S/C44H45N7O5/c1-26-4-5-30(40-27(2)47-56-28(40)3)20-38(26)50(32-8-6-31(7-9-32)44(25-45)16-17-44)22-29-14-18-48(19-15-29)34-23-49(24-34)33-10-11-35-36(21-33)43(55)51(42(35)54)37-12-13-39(52)46-41(37)53/h4-11,20-21,29,34,37H,12-19,22-24H2,1-3H3,(H,46,52,53). The van der Waals surface area contributed by atoms with E-state index in [9.17, 15) is 24.4 Å². The van der Waals surface area contributed by atoms with E-state index in [1.54, 1.807) is 12.1 Å². The Morgan fingerprint density at radius 1 is 0.911 bits per heavy atom. The van der Waals surface area contributed by atoms with Gasteiger partial charge in [-0.3, -0.25) is 34.3 Å². The molecule has 1 N–H and O–H groups in total. The van der Waals surface area contributed by atoms with Gasteiger partial charge in [0.1, 0.15) is 11.8 Å². The molecule has 5 aliphatic rings. The number of rotatable bonds is 9. The van der Waals surface area contributed by atoms with Gasteiger partial charge in [-0.05, 0) is 125 Å². The zero-order valence-electron chi connectivity index (χ0n) is 32.0. The van der Waals surface area contributed by atoms with Crippen LogP contribution in [0.4, 0.5) is 17.1 Å². The zero-order chi connectivity index (χ0) is 38.9. The van der Waals surface area contributed by atoms with Crippen molar-refractivity contribution in [3.63, 3.8) is 0 Å². The van der Waals surface area contributed by atoms with E-state index in [2.05, 4.69) is 80.6 Å². The minimum Gasteiger partial charge on any atom is -0.368 e. The number of imide groups is 2. The van der Waals surface area contributed by atoms with E-state index >= 15 is 0 Å². The second-order valence-electron chi connectivity index (χ2n) is 16.3. The molecule has 12 heteroatoms. The number of piperidine rings is 2. The Kier molecular flexibility index (Phi) is 8.80. The number of nitriles is 1. The lowest BCUT2D eigenvalue weighted by Crippen LogP contribution is -2.61. The molecule has 1 unspecified atom stereocenters. The predicted molar refractivity (Wildman–Crippen MR) is 210 cm³/mol. The summed E-state index contributed by atoms with van der Waals surface area (Å²) in [6.07, 6.45) is 4.20. The third kappa shape index (κ3) is 6.14. The maximum Gasteiger partial charge on any atom is 0.262 e. The molecule has 1 aromatic heterocycles. The lowest BCUT2D eigenvalue weighted by Gasteiger charge is -2.49. The molecule has 12 nitrogen and oxygen atoms in total. The summed E-state index contributed by atoms with van der Waals surface area (Å²) in [6, 6.07) is 22.5. The Morgan fingerprint density at radius 2 is 1.64 bits per heavy atom. The first-order valence-corrected chi connectivity index (χ1v) is 19.7. The Bertz CT molecular complexity index is 2290. The normalized spacial score (nSPS) is 21.1. The third-order valence-corrected chi connectivity index (χ3v) is 12.8. The van der Waals surface area contributed by atoms with Crippen molar-refractivity contribution < 1.29 is 23.7 Å². The summed E-state index contributed by atoms with van der Waals surface area (Å²) in [5.41, 5.74) is 8.72. The van der Waals surface area contributed by atoms with Crippen molar-refractivity contribution in [3.8, 4) is 17.2 Å².